The van der Waals surface area contributed by atoms with Gasteiger partial charge in [-0.3, -0.25) is 0 Å². The zero-order valence-electron chi connectivity index (χ0n) is 9.46. The fourth-order valence-electron chi connectivity index (χ4n) is 1.54. The average molecular weight is 223 g/mol. The lowest BCUT2D eigenvalue weighted by Gasteiger charge is -2.23. The number of benzene rings is 1. The van der Waals surface area contributed by atoms with E-state index in [-0.39, 0.29) is 0 Å². The quantitative estimate of drug-likeness (QED) is 0.782. The van der Waals surface area contributed by atoms with Crippen molar-refractivity contribution in [2.24, 2.45) is 0 Å². The zero-order valence-corrected chi connectivity index (χ0v) is 10.5. The van der Waals surface area contributed by atoms with Crippen LogP contribution in [0.25, 0.3) is 0 Å². The van der Waals surface area contributed by atoms with E-state index < -0.39 is 8.32 Å². The third-order valence-electron chi connectivity index (χ3n) is 2.05. The molecule has 0 amide bonds. The molecule has 0 aliphatic carbocycles. The Hall–Kier alpha value is -1.16. The summed E-state index contributed by atoms with van der Waals surface area (Å²) in [6, 6.07) is 5.97. The molecule has 0 saturated carbocycles. The van der Waals surface area contributed by atoms with Crippen molar-refractivity contribution >= 4 is 14.0 Å². The van der Waals surface area contributed by atoms with Crippen LogP contribution in [0, 0.1) is 0 Å². The second-order valence-corrected chi connectivity index (χ2v) is 9.08. The number of hydrogen-bond donors (Lipinski definition) is 1. The van der Waals surface area contributed by atoms with E-state index in [0.717, 1.165) is 30.3 Å². The highest BCUT2D eigenvalue weighted by Crippen LogP contribution is 2.31. The van der Waals surface area contributed by atoms with Crippen LogP contribution in [0.3, 0.4) is 0 Å². The Labute approximate surface area is 91.5 Å². The first kappa shape index (κ1) is 10.4. The van der Waals surface area contributed by atoms with Crippen molar-refractivity contribution in [1.82, 2.24) is 0 Å². The van der Waals surface area contributed by atoms with Crippen molar-refractivity contribution in [1.29, 1.82) is 0 Å². The van der Waals surface area contributed by atoms with E-state index >= 15 is 0 Å². The molecular weight excluding hydrogens is 206 g/mol. The molecule has 0 spiro atoms. The van der Waals surface area contributed by atoms with E-state index in [1.165, 1.54) is 0 Å². The third kappa shape index (κ3) is 2.65. The number of fused-ring (bicyclic) bond motifs is 1. The Bertz CT molecular complexity index is 360. The van der Waals surface area contributed by atoms with E-state index in [2.05, 4.69) is 25.0 Å². The minimum Gasteiger partial charge on any atom is -0.544 e. The molecule has 0 bridgehead atoms. The second-order valence-electron chi connectivity index (χ2n) is 4.65. The number of anilines is 1. The van der Waals surface area contributed by atoms with Gasteiger partial charge in [-0.15, -0.1) is 0 Å². The van der Waals surface area contributed by atoms with E-state index in [1.54, 1.807) is 0 Å². The summed E-state index contributed by atoms with van der Waals surface area (Å²) in [7, 11) is -1.51. The van der Waals surface area contributed by atoms with Crippen LogP contribution in [0.5, 0.6) is 11.5 Å². The van der Waals surface area contributed by atoms with Crippen molar-refractivity contribution in [3.05, 3.63) is 18.2 Å². The lowest BCUT2D eigenvalue weighted by Crippen LogP contribution is -2.29. The predicted octanol–water partition coefficient (Wildman–Crippen LogP) is 2.70. The summed E-state index contributed by atoms with van der Waals surface area (Å²) >= 11 is 0. The Balaban J connectivity index is 2.21. The molecule has 1 aromatic carbocycles. The molecule has 0 fully saturated rings. The summed E-state index contributed by atoms with van der Waals surface area (Å²) < 4.78 is 11.4. The number of rotatable bonds is 2. The van der Waals surface area contributed by atoms with Gasteiger partial charge in [0.2, 0.25) is 8.32 Å². The van der Waals surface area contributed by atoms with Gasteiger partial charge in [-0.25, -0.2) is 0 Å². The van der Waals surface area contributed by atoms with Gasteiger partial charge in [0, 0.05) is 12.6 Å². The molecule has 0 aromatic heterocycles. The van der Waals surface area contributed by atoms with Gasteiger partial charge in [0.25, 0.3) is 0 Å². The topological polar surface area (TPSA) is 30.5 Å². The van der Waals surface area contributed by atoms with Crippen molar-refractivity contribution in [2.45, 2.75) is 19.6 Å². The molecule has 0 unspecified atom stereocenters. The van der Waals surface area contributed by atoms with Gasteiger partial charge in [-0.1, -0.05) is 0 Å². The largest absolute Gasteiger partial charge is 0.544 e. The number of hydrogen-bond acceptors (Lipinski definition) is 3. The van der Waals surface area contributed by atoms with Crippen molar-refractivity contribution in [3.8, 4) is 11.5 Å². The van der Waals surface area contributed by atoms with Gasteiger partial charge in [-0.2, -0.15) is 0 Å². The molecule has 1 aromatic rings. The van der Waals surface area contributed by atoms with Crippen LogP contribution in [-0.4, -0.2) is 21.5 Å². The Morgan fingerprint density at radius 1 is 1.33 bits per heavy atom. The smallest absolute Gasteiger partial charge is 0.242 e. The van der Waals surface area contributed by atoms with Crippen molar-refractivity contribution < 1.29 is 9.16 Å². The zero-order chi connectivity index (χ0) is 10.9. The predicted molar refractivity (Wildman–Crippen MR) is 64.4 cm³/mol. The standard InChI is InChI=1S/C11H17NO2Si/c1-15(2,3)14-9-4-5-11-10(8-9)12-6-7-13-11/h4-5,8,12H,6-7H2,1-3H3. The average Bonchev–Trinajstić information content (AvgIpc) is 2.15. The molecule has 1 N–H and O–H groups in total. The van der Waals surface area contributed by atoms with Crippen molar-refractivity contribution in [2.75, 3.05) is 18.5 Å². The van der Waals surface area contributed by atoms with Gasteiger partial charge in [0.1, 0.15) is 18.1 Å². The van der Waals surface area contributed by atoms with Crippen LogP contribution in [0.4, 0.5) is 5.69 Å². The normalized spacial score (nSPS) is 14.9. The summed E-state index contributed by atoms with van der Waals surface area (Å²) in [6.45, 7) is 8.13. The van der Waals surface area contributed by atoms with Crippen LogP contribution in [0.1, 0.15) is 0 Å². The monoisotopic (exact) mass is 223 g/mol. The van der Waals surface area contributed by atoms with E-state index in [1.807, 2.05) is 18.2 Å². The SMILES string of the molecule is C[Si](C)(C)Oc1ccc2c(c1)NCCO2. The molecule has 0 radical (unpaired) electrons. The maximum atomic E-state index is 5.91. The molecule has 1 aliphatic rings. The van der Waals surface area contributed by atoms with Gasteiger partial charge in [0.15, 0.2) is 0 Å². The molecule has 4 heteroatoms. The van der Waals surface area contributed by atoms with E-state index in [9.17, 15) is 0 Å². The summed E-state index contributed by atoms with van der Waals surface area (Å²) in [5.74, 6) is 1.86. The highest BCUT2D eigenvalue weighted by Gasteiger charge is 2.17. The van der Waals surface area contributed by atoms with Crippen LogP contribution < -0.4 is 14.5 Å². The second kappa shape index (κ2) is 3.77. The van der Waals surface area contributed by atoms with Gasteiger partial charge in [0.05, 0.1) is 5.69 Å². The minimum atomic E-state index is -1.51. The molecule has 1 aliphatic heterocycles. The molecule has 15 heavy (non-hydrogen) atoms. The first-order valence-corrected chi connectivity index (χ1v) is 8.65. The highest BCUT2D eigenvalue weighted by atomic mass is 28.4. The first-order chi connectivity index (χ1) is 7.04. The lowest BCUT2D eigenvalue weighted by molar-refractivity contribution is 0.323. The molecule has 0 atom stereocenters. The highest BCUT2D eigenvalue weighted by molar-refractivity contribution is 6.70. The Morgan fingerprint density at radius 2 is 2.13 bits per heavy atom. The maximum absolute atomic E-state index is 5.91. The molecule has 3 nitrogen and oxygen atoms in total. The molecule has 2 rings (SSSR count). The summed E-state index contributed by atoms with van der Waals surface area (Å²) in [4.78, 5) is 0. The number of ether oxygens (including phenoxy) is 1. The lowest BCUT2D eigenvalue weighted by atomic mass is 10.2. The van der Waals surface area contributed by atoms with E-state index in [4.69, 9.17) is 9.16 Å². The Kier molecular flexibility index (Phi) is 2.60. The molecular formula is C11H17NO2Si. The summed E-state index contributed by atoms with van der Waals surface area (Å²) in [5.41, 5.74) is 1.04. The summed E-state index contributed by atoms with van der Waals surface area (Å²) in [5, 5.41) is 3.30. The van der Waals surface area contributed by atoms with Crippen molar-refractivity contribution in [3.63, 3.8) is 0 Å². The van der Waals surface area contributed by atoms with E-state index in [0.29, 0.717) is 0 Å². The van der Waals surface area contributed by atoms with Crippen LogP contribution >= 0.6 is 0 Å². The number of nitrogens with one attached hydrogen (secondary N) is 1. The first-order valence-electron chi connectivity index (χ1n) is 5.24. The van der Waals surface area contributed by atoms with Crippen LogP contribution in [0.15, 0.2) is 18.2 Å². The van der Waals surface area contributed by atoms with Gasteiger partial charge in [-0.05, 0) is 31.8 Å². The molecule has 1 heterocycles. The van der Waals surface area contributed by atoms with Gasteiger partial charge >= 0.3 is 0 Å². The molecule has 0 saturated heterocycles. The third-order valence-corrected chi connectivity index (χ3v) is 2.90. The molecule has 82 valence electrons. The Morgan fingerprint density at radius 3 is 2.87 bits per heavy atom. The van der Waals surface area contributed by atoms with Gasteiger partial charge < -0.3 is 14.5 Å². The minimum absolute atomic E-state index is 0.737. The summed E-state index contributed by atoms with van der Waals surface area (Å²) in [6.07, 6.45) is 0. The fraction of sp³-hybridized carbons (Fsp3) is 0.455. The fourth-order valence-corrected chi connectivity index (χ4v) is 2.37. The maximum Gasteiger partial charge on any atom is 0.242 e. The van der Waals surface area contributed by atoms with Crippen LogP contribution in [0.2, 0.25) is 19.6 Å². The van der Waals surface area contributed by atoms with Crippen LogP contribution in [-0.2, 0) is 0 Å².